The average Bonchev–Trinajstić information content (AvgIpc) is 3.06. The van der Waals surface area contributed by atoms with Crippen molar-refractivity contribution in [2.45, 2.75) is 0 Å². The van der Waals surface area contributed by atoms with E-state index in [9.17, 15) is 4.79 Å². The minimum atomic E-state index is -0.418. The van der Waals surface area contributed by atoms with Gasteiger partial charge in [-0.2, -0.15) is 5.26 Å². The summed E-state index contributed by atoms with van der Waals surface area (Å²) < 4.78 is 6.23. The standard InChI is InChI=1S/C14H9N3O2S/c15-8-11-2-4-13(19-11)17-14(18)16-10-1-3-12-9(7-10)5-6-20-12/h1-7H,(H2,16,17,18). The smallest absolute Gasteiger partial charge is 0.326 e. The Bertz CT molecular complexity index is 813. The highest BCUT2D eigenvalue weighted by Gasteiger charge is 2.07. The van der Waals surface area contributed by atoms with Crippen LogP contribution in [0.5, 0.6) is 0 Å². The second-order valence-electron chi connectivity index (χ2n) is 4.03. The van der Waals surface area contributed by atoms with Gasteiger partial charge in [0.05, 0.1) is 0 Å². The maximum absolute atomic E-state index is 11.8. The molecule has 6 heteroatoms. The molecule has 0 aliphatic heterocycles. The largest absolute Gasteiger partial charge is 0.430 e. The highest BCUT2D eigenvalue weighted by molar-refractivity contribution is 7.17. The molecule has 0 saturated carbocycles. The summed E-state index contributed by atoms with van der Waals surface area (Å²) in [6.07, 6.45) is 0. The normalized spacial score (nSPS) is 10.2. The van der Waals surface area contributed by atoms with E-state index in [1.807, 2.05) is 35.7 Å². The van der Waals surface area contributed by atoms with Gasteiger partial charge in [-0.05, 0) is 41.1 Å². The molecular formula is C14H9N3O2S. The number of nitrogens with one attached hydrogen (secondary N) is 2. The van der Waals surface area contributed by atoms with E-state index in [1.165, 1.54) is 16.8 Å². The van der Waals surface area contributed by atoms with Crippen LogP contribution < -0.4 is 10.6 Å². The summed E-state index contributed by atoms with van der Waals surface area (Å²) in [6, 6.07) is 12.1. The van der Waals surface area contributed by atoms with Gasteiger partial charge in [-0.1, -0.05) is 0 Å². The van der Waals surface area contributed by atoms with Gasteiger partial charge in [-0.15, -0.1) is 11.3 Å². The molecule has 2 N–H and O–H groups in total. The van der Waals surface area contributed by atoms with Gasteiger partial charge >= 0.3 is 6.03 Å². The zero-order valence-electron chi connectivity index (χ0n) is 10.2. The minimum Gasteiger partial charge on any atom is -0.430 e. The fraction of sp³-hybridized carbons (Fsp3) is 0. The number of benzene rings is 1. The summed E-state index contributed by atoms with van der Waals surface area (Å²) in [5, 5.41) is 16.9. The molecule has 5 nitrogen and oxygen atoms in total. The summed E-state index contributed by atoms with van der Waals surface area (Å²) >= 11 is 1.65. The van der Waals surface area contributed by atoms with Crippen molar-refractivity contribution in [1.82, 2.24) is 0 Å². The number of thiophene rings is 1. The van der Waals surface area contributed by atoms with E-state index >= 15 is 0 Å². The predicted octanol–water partition coefficient (Wildman–Crippen LogP) is 4.01. The average molecular weight is 283 g/mol. The maximum Gasteiger partial charge on any atom is 0.326 e. The van der Waals surface area contributed by atoms with E-state index in [2.05, 4.69) is 10.6 Å². The molecule has 0 atom stereocenters. The Kier molecular flexibility index (Phi) is 3.11. The first kappa shape index (κ1) is 12.3. The van der Waals surface area contributed by atoms with Crippen molar-refractivity contribution >= 4 is 39.0 Å². The summed E-state index contributed by atoms with van der Waals surface area (Å²) in [7, 11) is 0. The van der Waals surface area contributed by atoms with Crippen molar-refractivity contribution in [1.29, 1.82) is 5.26 Å². The van der Waals surface area contributed by atoms with Gasteiger partial charge in [0.1, 0.15) is 6.07 Å². The monoisotopic (exact) mass is 283 g/mol. The van der Waals surface area contributed by atoms with Gasteiger partial charge in [-0.25, -0.2) is 4.79 Å². The molecule has 2 aromatic heterocycles. The van der Waals surface area contributed by atoms with Crippen LogP contribution in [0.2, 0.25) is 0 Å². The Morgan fingerprint density at radius 2 is 2.10 bits per heavy atom. The summed E-state index contributed by atoms with van der Waals surface area (Å²) in [4.78, 5) is 11.8. The molecule has 0 fully saturated rings. The van der Waals surface area contributed by atoms with E-state index in [1.54, 1.807) is 11.3 Å². The van der Waals surface area contributed by atoms with Gasteiger partial charge < -0.3 is 9.73 Å². The van der Waals surface area contributed by atoms with Crippen molar-refractivity contribution < 1.29 is 9.21 Å². The van der Waals surface area contributed by atoms with Gasteiger partial charge in [0, 0.05) is 16.5 Å². The fourth-order valence-corrected chi connectivity index (χ4v) is 2.55. The van der Waals surface area contributed by atoms with Crippen LogP contribution >= 0.6 is 11.3 Å². The number of nitrogens with zero attached hydrogens (tertiary/aromatic N) is 1. The lowest BCUT2D eigenvalue weighted by Crippen LogP contribution is -2.18. The topological polar surface area (TPSA) is 78.1 Å². The fourth-order valence-electron chi connectivity index (χ4n) is 1.78. The molecule has 0 aliphatic carbocycles. The summed E-state index contributed by atoms with van der Waals surface area (Å²) in [6.45, 7) is 0. The highest BCUT2D eigenvalue weighted by atomic mass is 32.1. The van der Waals surface area contributed by atoms with Crippen molar-refractivity contribution in [2.75, 3.05) is 10.6 Å². The number of anilines is 2. The molecule has 0 spiro atoms. The number of amides is 2. The zero-order chi connectivity index (χ0) is 13.9. The Labute approximate surface area is 118 Å². The van der Waals surface area contributed by atoms with Crippen LogP contribution in [-0.2, 0) is 0 Å². The molecule has 0 bridgehead atoms. The van der Waals surface area contributed by atoms with Crippen LogP contribution in [0.25, 0.3) is 10.1 Å². The first-order valence-electron chi connectivity index (χ1n) is 5.80. The molecule has 2 heterocycles. The molecule has 0 unspecified atom stereocenters. The van der Waals surface area contributed by atoms with E-state index in [-0.39, 0.29) is 11.6 Å². The Balaban J connectivity index is 1.70. The number of carbonyl (C=O) groups excluding carboxylic acids is 1. The quantitative estimate of drug-likeness (QED) is 0.745. The van der Waals surface area contributed by atoms with Crippen LogP contribution in [-0.4, -0.2) is 6.03 Å². The van der Waals surface area contributed by atoms with Gasteiger partial charge in [-0.3, -0.25) is 5.32 Å². The summed E-state index contributed by atoms with van der Waals surface area (Å²) in [5.41, 5.74) is 0.695. The molecule has 0 aliphatic rings. The summed E-state index contributed by atoms with van der Waals surface area (Å²) in [5.74, 6) is 0.385. The number of urea groups is 1. The Morgan fingerprint density at radius 3 is 2.90 bits per heavy atom. The zero-order valence-corrected chi connectivity index (χ0v) is 11.0. The van der Waals surface area contributed by atoms with Gasteiger partial charge in [0.2, 0.25) is 11.6 Å². The van der Waals surface area contributed by atoms with Crippen LogP contribution in [0, 0.1) is 11.3 Å². The molecular weight excluding hydrogens is 274 g/mol. The number of nitriles is 1. The third-order valence-electron chi connectivity index (χ3n) is 2.66. The molecule has 20 heavy (non-hydrogen) atoms. The van der Waals surface area contributed by atoms with Crippen LogP contribution in [0.4, 0.5) is 16.4 Å². The van der Waals surface area contributed by atoms with Crippen LogP contribution in [0.3, 0.4) is 0 Å². The minimum absolute atomic E-state index is 0.153. The molecule has 0 saturated heterocycles. The molecule has 0 radical (unpaired) electrons. The predicted molar refractivity (Wildman–Crippen MR) is 77.9 cm³/mol. The third-order valence-corrected chi connectivity index (χ3v) is 3.56. The number of hydrogen-bond donors (Lipinski definition) is 2. The highest BCUT2D eigenvalue weighted by Crippen LogP contribution is 2.24. The molecule has 3 aromatic rings. The van der Waals surface area contributed by atoms with Crippen molar-refractivity contribution in [3.05, 3.63) is 47.5 Å². The lowest BCUT2D eigenvalue weighted by atomic mass is 10.2. The SMILES string of the molecule is N#Cc1ccc(NC(=O)Nc2ccc3sccc3c2)o1. The second-order valence-corrected chi connectivity index (χ2v) is 4.98. The van der Waals surface area contributed by atoms with E-state index in [0.717, 1.165) is 5.39 Å². The maximum atomic E-state index is 11.8. The number of rotatable bonds is 2. The van der Waals surface area contributed by atoms with Crippen molar-refractivity contribution in [2.24, 2.45) is 0 Å². The Hall–Kier alpha value is -2.78. The van der Waals surface area contributed by atoms with E-state index < -0.39 is 6.03 Å². The lowest BCUT2D eigenvalue weighted by molar-refractivity contribution is 0.261. The lowest BCUT2D eigenvalue weighted by Gasteiger charge is -2.05. The van der Waals surface area contributed by atoms with Crippen LogP contribution in [0.15, 0.2) is 46.2 Å². The van der Waals surface area contributed by atoms with Gasteiger partial charge in [0.25, 0.3) is 0 Å². The first-order chi connectivity index (χ1) is 9.74. The molecule has 3 rings (SSSR count). The Morgan fingerprint density at radius 1 is 1.20 bits per heavy atom. The van der Waals surface area contributed by atoms with E-state index in [4.69, 9.17) is 9.68 Å². The number of fused-ring (bicyclic) bond motifs is 1. The number of furan rings is 1. The van der Waals surface area contributed by atoms with E-state index in [0.29, 0.717) is 5.69 Å². The third kappa shape index (κ3) is 2.48. The number of hydrogen-bond acceptors (Lipinski definition) is 4. The van der Waals surface area contributed by atoms with Crippen molar-refractivity contribution in [3.63, 3.8) is 0 Å². The van der Waals surface area contributed by atoms with Crippen molar-refractivity contribution in [3.8, 4) is 6.07 Å². The molecule has 98 valence electrons. The molecule has 1 aromatic carbocycles. The number of carbonyl (C=O) groups is 1. The molecule has 2 amide bonds. The second kappa shape index (κ2) is 5.07. The van der Waals surface area contributed by atoms with Gasteiger partial charge in [0.15, 0.2) is 0 Å². The first-order valence-corrected chi connectivity index (χ1v) is 6.68. The van der Waals surface area contributed by atoms with Crippen LogP contribution in [0.1, 0.15) is 5.76 Å².